The van der Waals surface area contributed by atoms with Gasteiger partial charge in [0, 0.05) is 29.6 Å². The van der Waals surface area contributed by atoms with Crippen molar-refractivity contribution in [1.29, 1.82) is 0 Å². The molecule has 1 aliphatic rings. The van der Waals surface area contributed by atoms with Crippen molar-refractivity contribution in [3.63, 3.8) is 0 Å². The molecule has 1 heterocycles. The van der Waals surface area contributed by atoms with E-state index in [0.717, 1.165) is 25.7 Å². The highest BCUT2D eigenvalue weighted by molar-refractivity contribution is 6.31. The number of nitro benzene ring substituents is 1. The van der Waals surface area contributed by atoms with Crippen LogP contribution in [0.3, 0.4) is 0 Å². The average molecular weight is 331 g/mol. The predicted molar refractivity (Wildman–Crippen MR) is 82.1 cm³/mol. The van der Waals surface area contributed by atoms with Gasteiger partial charge in [-0.05, 0) is 37.8 Å². The standard InChI is InChI=1S/C14H16Cl2N2O3/c15-7-1-3-11-4-2-8-17(11)14(19)12-9-10(16)5-6-13(12)18(20)21/h5-6,9,11H,1-4,7-8H2. The molecule has 1 fully saturated rings. The van der Waals surface area contributed by atoms with Crippen LogP contribution in [0.5, 0.6) is 0 Å². The monoisotopic (exact) mass is 330 g/mol. The van der Waals surface area contributed by atoms with Gasteiger partial charge in [-0.3, -0.25) is 14.9 Å². The van der Waals surface area contributed by atoms with Gasteiger partial charge < -0.3 is 4.90 Å². The zero-order chi connectivity index (χ0) is 15.4. The molecule has 21 heavy (non-hydrogen) atoms. The van der Waals surface area contributed by atoms with Gasteiger partial charge in [-0.1, -0.05) is 11.6 Å². The van der Waals surface area contributed by atoms with Crippen molar-refractivity contribution in [2.24, 2.45) is 0 Å². The molecule has 0 aliphatic carbocycles. The van der Waals surface area contributed by atoms with Crippen LogP contribution in [0.4, 0.5) is 5.69 Å². The first-order chi connectivity index (χ1) is 10.0. The van der Waals surface area contributed by atoms with Crippen molar-refractivity contribution in [1.82, 2.24) is 4.90 Å². The fraction of sp³-hybridized carbons (Fsp3) is 0.500. The topological polar surface area (TPSA) is 63.4 Å². The lowest BCUT2D eigenvalue weighted by molar-refractivity contribution is -0.385. The number of halogens is 2. The SMILES string of the molecule is O=C(c1cc(Cl)ccc1[N+](=O)[O-])N1CCCC1CCCCl. The minimum absolute atomic E-state index is 0.0604. The lowest BCUT2D eigenvalue weighted by atomic mass is 10.1. The zero-order valence-corrected chi connectivity index (χ0v) is 12.9. The molecule has 0 spiro atoms. The lowest BCUT2D eigenvalue weighted by Gasteiger charge is -2.24. The highest BCUT2D eigenvalue weighted by Crippen LogP contribution is 2.29. The third-order valence-electron chi connectivity index (χ3n) is 3.69. The summed E-state index contributed by atoms with van der Waals surface area (Å²) >= 11 is 11.6. The van der Waals surface area contributed by atoms with Crippen LogP contribution in [0.15, 0.2) is 18.2 Å². The summed E-state index contributed by atoms with van der Waals surface area (Å²) < 4.78 is 0. The van der Waals surface area contributed by atoms with Gasteiger partial charge >= 0.3 is 0 Å². The fourth-order valence-corrected chi connectivity index (χ4v) is 3.04. The molecule has 1 amide bonds. The van der Waals surface area contributed by atoms with Crippen LogP contribution in [-0.2, 0) is 0 Å². The molecule has 1 aromatic rings. The number of alkyl halides is 1. The Morgan fingerprint density at radius 1 is 1.48 bits per heavy atom. The molecule has 0 aromatic heterocycles. The molecule has 0 saturated carbocycles. The van der Waals surface area contributed by atoms with Crippen molar-refractivity contribution >= 4 is 34.8 Å². The van der Waals surface area contributed by atoms with Crippen molar-refractivity contribution in [2.45, 2.75) is 31.7 Å². The molecular weight excluding hydrogens is 315 g/mol. The van der Waals surface area contributed by atoms with Gasteiger partial charge in [-0.25, -0.2) is 0 Å². The molecule has 1 unspecified atom stereocenters. The Kier molecular flexibility index (Phi) is 5.42. The summed E-state index contributed by atoms with van der Waals surface area (Å²) in [5.41, 5.74) is -0.141. The number of hydrogen-bond acceptors (Lipinski definition) is 3. The van der Waals surface area contributed by atoms with E-state index in [1.54, 1.807) is 4.90 Å². The van der Waals surface area contributed by atoms with E-state index in [1.807, 2.05) is 0 Å². The summed E-state index contributed by atoms with van der Waals surface area (Å²) in [6, 6.07) is 4.18. The minimum Gasteiger partial charge on any atom is -0.335 e. The van der Waals surface area contributed by atoms with Gasteiger partial charge in [0.15, 0.2) is 0 Å². The summed E-state index contributed by atoms with van der Waals surface area (Å²) in [6.07, 6.45) is 3.47. The van der Waals surface area contributed by atoms with Gasteiger partial charge in [0.1, 0.15) is 5.56 Å². The zero-order valence-electron chi connectivity index (χ0n) is 11.4. The molecule has 0 bridgehead atoms. The Hall–Kier alpha value is -1.33. The first-order valence-corrected chi connectivity index (χ1v) is 7.76. The molecule has 1 aromatic carbocycles. The Morgan fingerprint density at radius 3 is 2.90 bits per heavy atom. The van der Waals surface area contributed by atoms with Crippen molar-refractivity contribution in [2.75, 3.05) is 12.4 Å². The molecule has 114 valence electrons. The summed E-state index contributed by atoms with van der Waals surface area (Å²) in [6.45, 7) is 0.620. The van der Waals surface area contributed by atoms with Gasteiger partial charge in [-0.15, -0.1) is 11.6 Å². The smallest absolute Gasteiger partial charge is 0.282 e. The van der Waals surface area contributed by atoms with E-state index in [1.165, 1.54) is 18.2 Å². The van der Waals surface area contributed by atoms with E-state index in [9.17, 15) is 14.9 Å². The van der Waals surface area contributed by atoms with E-state index in [-0.39, 0.29) is 23.2 Å². The van der Waals surface area contributed by atoms with Gasteiger partial charge in [0.05, 0.1) is 4.92 Å². The van der Waals surface area contributed by atoms with Crippen molar-refractivity contribution in [3.8, 4) is 0 Å². The summed E-state index contributed by atoms with van der Waals surface area (Å²) in [4.78, 5) is 24.9. The quantitative estimate of drug-likeness (QED) is 0.467. The maximum absolute atomic E-state index is 12.6. The highest BCUT2D eigenvalue weighted by atomic mass is 35.5. The number of hydrogen-bond donors (Lipinski definition) is 0. The van der Waals surface area contributed by atoms with Crippen LogP contribution >= 0.6 is 23.2 Å². The maximum Gasteiger partial charge on any atom is 0.282 e. The Balaban J connectivity index is 2.26. The highest BCUT2D eigenvalue weighted by Gasteiger charge is 2.32. The Labute approximate surface area is 133 Å². The Bertz CT molecular complexity index is 551. The van der Waals surface area contributed by atoms with Gasteiger partial charge in [-0.2, -0.15) is 0 Å². The van der Waals surface area contributed by atoms with Crippen LogP contribution in [0.25, 0.3) is 0 Å². The van der Waals surface area contributed by atoms with Crippen LogP contribution < -0.4 is 0 Å². The third-order valence-corrected chi connectivity index (χ3v) is 4.20. The molecule has 7 heteroatoms. The first-order valence-electron chi connectivity index (χ1n) is 6.85. The van der Waals surface area contributed by atoms with E-state index in [0.29, 0.717) is 17.4 Å². The van der Waals surface area contributed by atoms with E-state index >= 15 is 0 Å². The van der Waals surface area contributed by atoms with E-state index in [2.05, 4.69) is 0 Å². The Morgan fingerprint density at radius 2 is 2.24 bits per heavy atom. The number of carbonyl (C=O) groups excluding carboxylic acids is 1. The maximum atomic E-state index is 12.6. The summed E-state index contributed by atoms with van der Waals surface area (Å²) in [5.74, 6) is 0.233. The first kappa shape index (κ1) is 16.0. The molecule has 1 atom stereocenters. The number of nitrogens with zero attached hydrogens (tertiary/aromatic N) is 2. The van der Waals surface area contributed by atoms with Crippen molar-refractivity contribution < 1.29 is 9.72 Å². The fourth-order valence-electron chi connectivity index (χ4n) is 2.71. The number of benzene rings is 1. The lowest BCUT2D eigenvalue weighted by Crippen LogP contribution is -2.35. The van der Waals surface area contributed by atoms with Crippen LogP contribution in [-0.4, -0.2) is 34.2 Å². The molecule has 1 aliphatic heterocycles. The molecular formula is C14H16Cl2N2O3. The summed E-state index contributed by atoms with van der Waals surface area (Å²) in [5, 5.41) is 11.4. The second-order valence-electron chi connectivity index (χ2n) is 5.04. The number of amides is 1. The van der Waals surface area contributed by atoms with Crippen LogP contribution in [0.1, 0.15) is 36.0 Å². The van der Waals surface area contributed by atoms with Gasteiger partial charge in [0.25, 0.3) is 11.6 Å². The van der Waals surface area contributed by atoms with E-state index in [4.69, 9.17) is 23.2 Å². The number of carbonyl (C=O) groups is 1. The molecule has 2 rings (SSSR count). The van der Waals surface area contributed by atoms with Gasteiger partial charge in [0.2, 0.25) is 0 Å². The van der Waals surface area contributed by atoms with Crippen LogP contribution in [0.2, 0.25) is 5.02 Å². The minimum atomic E-state index is -0.548. The molecule has 1 saturated heterocycles. The number of likely N-dealkylation sites (tertiary alicyclic amines) is 1. The summed E-state index contributed by atoms with van der Waals surface area (Å²) in [7, 11) is 0. The van der Waals surface area contributed by atoms with Crippen LogP contribution in [0, 0.1) is 10.1 Å². The predicted octanol–water partition coefficient (Wildman–Crippen LogP) is 3.87. The van der Waals surface area contributed by atoms with E-state index < -0.39 is 4.92 Å². The van der Waals surface area contributed by atoms with Crippen molar-refractivity contribution in [3.05, 3.63) is 38.9 Å². The number of rotatable bonds is 5. The largest absolute Gasteiger partial charge is 0.335 e. The molecule has 0 N–H and O–H groups in total. The third kappa shape index (κ3) is 3.66. The normalized spacial score (nSPS) is 18.0. The molecule has 0 radical (unpaired) electrons. The second kappa shape index (κ2) is 7.09. The second-order valence-corrected chi connectivity index (χ2v) is 5.86. The average Bonchev–Trinajstić information content (AvgIpc) is 2.92. The molecule has 5 nitrogen and oxygen atoms in total. The number of nitro groups is 1.